The van der Waals surface area contributed by atoms with Crippen molar-refractivity contribution in [3.05, 3.63) is 41.4 Å². The van der Waals surface area contributed by atoms with Crippen LogP contribution in [0.3, 0.4) is 0 Å². The van der Waals surface area contributed by atoms with E-state index in [9.17, 15) is 0 Å². The molecule has 3 nitrogen and oxygen atoms in total. The van der Waals surface area contributed by atoms with Crippen molar-refractivity contribution in [1.82, 2.24) is 10.2 Å². The number of benzene rings is 1. The molecule has 0 bridgehead atoms. The predicted octanol–water partition coefficient (Wildman–Crippen LogP) is 6.45. The number of allylic oxidation sites excluding steroid dienone is 1. The molecule has 2 aromatic rings. The molecule has 0 aliphatic carbocycles. The quantitative estimate of drug-likeness (QED) is 0.323. The smallest absolute Gasteiger partial charge is 0.147 e. The molecule has 4 heteroatoms. The average molecular weight is 359 g/mol. The van der Waals surface area contributed by atoms with Crippen LogP contribution in [0.15, 0.2) is 36.4 Å². The molecular weight excluding hydrogens is 328 g/mol. The van der Waals surface area contributed by atoms with Gasteiger partial charge in [0.25, 0.3) is 0 Å². The predicted molar refractivity (Wildman–Crippen MR) is 107 cm³/mol. The van der Waals surface area contributed by atoms with Gasteiger partial charge in [-0.15, -0.1) is 10.2 Å². The molecule has 0 aliphatic rings. The molecule has 0 spiro atoms. The van der Waals surface area contributed by atoms with Crippen LogP contribution in [0.4, 0.5) is 0 Å². The highest BCUT2D eigenvalue weighted by Crippen LogP contribution is 2.26. The SMILES string of the molecule is CCCC=CCOc1ccc(-c2nnc(CCCCCCC)s2)cc1. The fraction of sp³-hybridized carbons (Fsp3) is 0.524. The van der Waals surface area contributed by atoms with E-state index in [0.717, 1.165) is 34.2 Å². The summed E-state index contributed by atoms with van der Waals surface area (Å²) in [6, 6.07) is 8.15. The molecule has 0 aliphatic heterocycles. The van der Waals surface area contributed by atoms with Crippen LogP contribution in [0.2, 0.25) is 0 Å². The minimum Gasteiger partial charge on any atom is -0.490 e. The average Bonchev–Trinajstić information content (AvgIpc) is 3.11. The van der Waals surface area contributed by atoms with Crippen molar-refractivity contribution >= 4 is 11.3 Å². The molecule has 0 saturated carbocycles. The summed E-state index contributed by atoms with van der Waals surface area (Å²) in [5, 5.41) is 10.8. The third-order valence-electron chi connectivity index (χ3n) is 4.03. The number of hydrogen-bond acceptors (Lipinski definition) is 4. The maximum Gasteiger partial charge on any atom is 0.147 e. The molecule has 0 N–H and O–H groups in total. The zero-order valence-corrected chi connectivity index (χ0v) is 16.4. The number of nitrogens with zero attached hydrogens (tertiary/aromatic N) is 2. The Morgan fingerprint density at radius 1 is 0.920 bits per heavy atom. The van der Waals surface area contributed by atoms with E-state index < -0.39 is 0 Å². The Labute approximate surface area is 156 Å². The van der Waals surface area contributed by atoms with E-state index >= 15 is 0 Å². The van der Waals surface area contributed by atoms with Crippen LogP contribution in [0.5, 0.6) is 5.75 Å². The maximum atomic E-state index is 5.71. The molecule has 0 atom stereocenters. The van der Waals surface area contributed by atoms with Crippen LogP contribution in [-0.2, 0) is 6.42 Å². The van der Waals surface area contributed by atoms with Gasteiger partial charge in [0.1, 0.15) is 22.4 Å². The van der Waals surface area contributed by atoms with Crippen molar-refractivity contribution in [2.75, 3.05) is 6.61 Å². The lowest BCUT2D eigenvalue weighted by Gasteiger charge is -2.03. The van der Waals surface area contributed by atoms with Crippen molar-refractivity contribution in [3.63, 3.8) is 0 Å². The lowest BCUT2D eigenvalue weighted by molar-refractivity contribution is 0.362. The minimum absolute atomic E-state index is 0.625. The van der Waals surface area contributed by atoms with Crippen molar-refractivity contribution < 1.29 is 4.74 Å². The molecule has 1 aromatic carbocycles. The molecule has 0 fully saturated rings. The van der Waals surface area contributed by atoms with E-state index in [1.807, 2.05) is 12.1 Å². The molecule has 2 rings (SSSR count). The van der Waals surface area contributed by atoms with Gasteiger partial charge in [-0.2, -0.15) is 0 Å². The fourth-order valence-corrected chi connectivity index (χ4v) is 3.43. The second kappa shape index (κ2) is 11.8. The number of aromatic nitrogens is 2. The molecular formula is C21H30N2OS. The fourth-order valence-electron chi connectivity index (χ4n) is 2.54. The van der Waals surface area contributed by atoms with Crippen molar-refractivity contribution in [3.8, 4) is 16.3 Å². The zero-order valence-electron chi connectivity index (χ0n) is 15.5. The summed E-state index contributed by atoms with van der Waals surface area (Å²) in [7, 11) is 0. The van der Waals surface area contributed by atoms with E-state index in [-0.39, 0.29) is 0 Å². The largest absolute Gasteiger partial charge is 0.490 e. The molecule has 136 valence electrons. The minimum atomic E-state index is 0.625. The van der Waals surface area contributed by atoms with Gasteiger partial charge in [0, 0.05) is 12.0 Å². The van der Waals surface area contributed by atoms with Gasteiger partial charge < -0.3 is 4.74 Å². The van der Waals surface area contributed by atoms with Crippen LogP contribution < -0.4 is 4.74 Å². The molecule has 1 aromatic heterocycles. The highest BCUT2D eigenvalue weighted by molar-refractivity contribution is 7.14. The molecule has 25 heavy (non-hydrogen) atoms. The molecule has 0 amide bonds. The van der Waals surface area contributed by atoms with Crippen molar-refractivity contribution in [2.24, 2.45) is 0 Å². The van der Waals surface area contributed by atoms with E-state index in [2.05, 4.69) is 48.3 Å². The molecule has 1 heterocycles. The van der Waals surface area contributed by atoms with Crippen LogP contribution in [0, 0.1) is 0 Å². The van der Waals surface area contributed by atoms with Crippen LogP contribution >= 0.6 is 11.3 Å². The summed E-state index contributed by atoms with van der Waals surface area (Å²) >= 11 is 1.71. The van der Waals surface area contributed by atoms with Crippen LogP contribution in [0.25, 0.3) is 10.6 Å². The number of aryl methyl sites for hydroxylation is 1. The van der Waals surface area contributed by atoms with Gasteiger partial charge in [-0.3, -0.25) is 0 Å². The lowest BCUT2D eigenvalue weighted by Crippen LogP contribution is -1.92. The lowest BCUT2D eigenvalue weighted by atomic mass is 10.1. The van der Waals surface area contributed by atoms with Gasteiger partial charge >= 0.3 is 0 Å². The molecule has 0 radical (unpaired) electrons. The van der Waals surface area contributed by atoms with Crippen LogP contribution in [-0.4, -0.2) is 16.8 Å². The Hall–Kier alpha value is -1.68. The van der Waals surface area contributed by atoms with E-state index in [1.165, 1.54) is 38.5 Å². The van der Waals surface area contributed by atoms with Gasteiger partial charge in [0.15, 0.2) is 0 Å². The summed E-state index contributed by atoms with van der Waals surface area (Å²) < 4.78 is 5.71. The highest BCUT2D eigenvalue weighted by atomic mass is 32.1. The Kier molecular flexibility index (Phi) is 9.27. The van der Waals surface area contributed by atoms with Crippen molar-refractivity contribution in [2.45, 2.75) is 65.2 Å². The summed E-state index contributed by atoms with van der Waals surface area (Å²) in [5.74, 6) is 0.894. The molecule has 0 unspecified atom stereocenters. The summed E-state index contributed by atoms with van der Waals surface area (Å²) in [6.45, 7) is 5.05. The monoisotopic (exact) mass is 358 g/mol. The van der Waals surface area contributed by atoms with Gasteiger partial charge in [0.05, 0.1) is 0 Å². The third-order valence-corrected chi connectivity index (χ3v) is 5.06. The normalized spacial score (nSPS) is 11.3. The Balaban J connectivity index is 1.79. The van der Waals surface area contributed by atoms with E-state index in [4.69, 9.17) is 4.74 Å². The number of hydrogen-bond donors (Lipinski definition) is 0. The second-order valence-electron chi connectivity index (χ2n) is 6.26. The van der Waals surface area contributed by atoms with Gasteiger partial charge in [-0.25, -0.2) is 0 Å². The maximum absolute atomic E-state index is 5.71. The second-order valence-corrected chi connectivity index (χ2v) is 7.32. The standard InChI is InChI=1S/C21H30N2OS/c1-3-5-7-9-10-12-20-22-23-21(25-20)18-13-15-19(16-14-18)24-17-11-8-6-4-2/h8,11,13-16H,3-7,9-10,12,17H2,1-2H3. The molecule has 0 saturated heterocycles. The zero-order chi connectivity index (χ0) is 17.7. The Morgan fingerprint density at radius 3 is 2.48 bits per heavy atom. The van der Waals surface area contributed by atoms with E-state index in [0.29, 0.717) is 6.61 Å². The summed E-state index contributed by atoms with van der Waals surface area (Å²) in [4.78, 5) is 0. The first-order valence-corrected chi connectivity index (χ1v) is 10.4. The van der Waals surface area contributed by atoms with E-state index in [1.54, 1.807) is 11.3 Å². The number of unbranched alkanes of at least 4 members (excludes halogenated alkanes) is 5. The first-order chi connectivity index (χ1) is 12.3. The summed E-state index contributed by atoms with van der Waals surface area (Å²) in [5.41, 5.74) is 1.11. The first kappa shape index (κ1) is 19.6. The summed E-state index contributed by atoms with van der Waals surface area (Å²) in [6.07, 6.45) is 14.0. The number of rotatable bonds is 12. The van der Waals surface area contributed by atoms with Gasteiger partial charge in [-0.1, -0.05) is 69.4 Å². The Bertz CT molecular complexity index is 619. The highest BCUT2D eigenvalue weighted by Gasteiger charge is 2.07. The van der Waals surface area contributed by atoms with Crippen molar-refractivity contribution in [1.29, 1.82) is 0 Å². The third kappa shape index (κ3) is 7.39. The van der Waals surface area contributed by atoms with Gasteiger partial charge in [0.2, 0.25) is 0 Å². The van der Waals surface area contributed by atoms with Crippen LogP contribution in [0.1, 0.15) is 63.8 Å². The first-order valence-electron chi connectivity index (χ1n) is 9.54. The van der Waals surface area contributed by atoms with Gasteiger partial charge in [-0.05, 0) is 37.1 Å². The number of ether oxygens (including phenoxy) is 1. The topological polar surface area (TPSA) is 35.0 Å². The Morgan fingerprint density at radius 2 is 1.72 bits per heavy atom.